The summed E-state index contributed by atoms with van der Waals surface area (Å²) in [6.45, 7) is 6.44. The molecule has 6 heteroatoms. The van der Waals surface area contributed by atoms with Gasteiger partial charge in [0.15, 0.2) is 0 Å². The molecule has 1 amide bonds. The van der Waals surface area contributed by atoms with Crippen molar-refractivity contribution in [1.82, 2.24) is 4.72 Å². The molecule has 0 fully saturated rings. The molecular formula is C20H26N2O3S. The van der Waals surface area contributed by atoms with Gasteiger partial charge in [-0.15, -0.1) is 0 Å². The second-order valence-electron chi connectivity index (χ2n) is 6.42. The Balaban J connectivity index is 2.05. The number of hydrogen-bond acceptors (Lipinski definition) is 3. The van der Waals surface area contributed by atoms with Gasteiger partial charge < -0.3 is 5.32 Å². The molecule has 0 bridgehead atoms. The van der Waals surface area contributed by atoms with E-state index in [1.807, 2.05) is 39.0 Å². The predicted molar refractivity (Wildman–Crippen MR) is 105 cm³/mol. The zero-order chi connectivity index (χ0) is 19.2. The highest BCUT2D eigenvalue weighted by Crippen LogP contribution is 2.16. The highest BCUT2D eigenvalue weighted by Gasteiger charge is 2.14. The van der Waals surface area contributed by atoms with Gasteiger partial charge in [-0.3, -0.25) is 4.79 Å². The molecule has 0 aliphatic heterocycles. The number of sulfonamides is 1. The number of amides is 1. The number of rotatable bonds is 8. The van der Waals surface area contributed by atoms with E-state index in [1.165, 1.54) is 17.7 Å². The third kappa shape index (κ3) is 5.68. The largest absolute Gasteiger partial charge is 0.326 e. The van der Waals surface area contributed by atoms with Crippen LogP contribution in [0.3, 0.4) is 0 Å². The Morgan fingerprint density at radius 3 is 2.50 bits per heavy atom. The van der Waals surface area contributed by atoms with Gasteiger partial charge in [-0.25, -0.2) is 13.1 Å². The number of benzene rings is 2. The fraction of sp³-hybridized carbons (Fsp3) is 0.350. The van der Waals surface area contributed by atoms with Gasteiger partial charge in [0.25, 0.3) is 0 Å². The molecular weight excluding hydrogens is 348 g/mol. The van der Waals surface area contributed by atoms with E-state index >= 15 is 0 Å². The molecule has 0 spiro atoms. The lowest BCUT2D eigenvalue weighted by Crippen LogP contribution is -2.25. The topological polar surface area (TPSA) is 75.3 Å². The van der Waals surface area contributed by atoms with Gasteiger partial charge in [-0.1, -0.05) is 37.6 Å². The summed E-state index contributed by atoms with van der Waals surface area (Å²) in [5.41, 5.74) is 3.72. The quantitative estimate of drug-likeness (QED) is 0.694. The second kappa shape index (κ2) is 8.96. The maximum Gasteiger partial charge on any atom is 0.240 e. The summed E-state index contributed by atoms with van der Waals surface area (Å²) in [5, 5.41) is 2.77. The van der Waals surface area contributed by atoms with E-state index in [0.717, 1.165) is 24.0 Å². The molecule has 2 aromatic carbocycles. The SMILES string of the molecule is CCCCNS(=O)(=O)c1cccc(NC(=O)Cc2ccc(C)c(C)c2)c1. The monoisotopic (exact) mass is 374 g/mol. The first-order valence-corrected chi connectivity index (χ1v) is 10.3. The highest BCUT2D eigenvalue weighted by atomic mass is 32.2. The molecule has 2 N–H and O–H groups in total. The average Bonchev–Trinajstić information content (AvgIpc) is 2.58. The Bertz CT molecular complexity index is 876. The first-order valence-electron chi connectivity index (χ1n) is 8.77. The van der Waals surface area contributed by atoms with Crippen LogP contribution in [0.15, 0.2) is 47.4 Å². The van der Waals surface area contributed by atoms with E-state index < -0.39 is 10.0 Å². The molecule has 26 heavy (non-hydrogen) atoms. The molecule has 0 aliphatic rings. The summed E-state index contributed by atoms with van der Waals surface area (Å²) in [4.78, 5) is 12.4. The first kappa shape index (κ1) is 20.1. The number of nitrogens with one attached hydrogen (secondary N) is 2. The van der Waals surface area contributed by atoms with E-state index in [0.29, 0.717) is 12.2 Å². The van der Waals surface area contributed by atoms with Gasteiger partial charge in [0.1, 0.15) is 0 Å². The van der Waals surface area contributed by atoms with Gasteiger partial charge in [0.2, 0.25) is 15.9 Å². The summed E-state index contributed by atoms with van der Waals surface area (Å²) < 4.78 is 27.1. The van der Waals surface area contributed by atoms with Gasteiger partial charge in [-0.2, -0.15) is 0 Å². The van der Waals surface area contributed by atoms with Crippen molar-refractivity contribution in [3.63, 3.8) is 0 Å². The molecule has 5 nitrogen and oxygen atoms in total. The molecule has 0 heterocycles. The molecule has 2 aromatic rings. The lowest BCUT2D eigenvalue weighted by Gasteiger charge is -2.10. The number of anilines is 1. The minimum absolute atomic E-state index is 0.151. The fourth-order valence-electron chi connectivity index (χ4n) is 2.51. The first-order chi connectivity index (χ1) is 12.3. The Labute approximate surface area is 155 Å². The van der Waals surface area contributed by atoms with Crippen molar-refractivity contribution < 1.29 is 13.2 Å². The van der Waals surface area contributed by atoms with Crippen LogP contribution >= 0.6 is 0 Å². The molecule has 0 saturated heterocycles. The van der Waals surface area contributed by atoms with Crippen LogP contribution in [-0.2, 0) is 21.2 Å². The molecule has 0 saturated carbocycles. The van der Waals surface area contributed by atoms with E-state index in [1.54, 1.807) is 12.1 Å². The fourth-order valence-corrected chi connectivity index (χ4v) is 3.63. The zero-order valence-corrected chi connectivity index (χ0v) is 16.3. The third-order valence-corrected chi connectivity index (χ3v) is 5.65. The summed E-state index contributed by atoms with van der Waals surface area (Å²) in [6.07, 6.45) is 1.94. The average molecular weight is 375 g/mol. The van der Waals surface area contributed by atoms with Crippen LogP contribution in [0.4, 0.5) is 5.69 Å². The van der Waals surface area contributed by atoms with Gasteiger partial charge in [-0.05, 0) is 55.2 Å². The minimum atomic E-state index is -3.56. The number of unbranched alkanes of at least 4 members (excludes halogenated alkanes) is 1. The highest BCUT2D eigenvalue weighted by molar-refractivity contribution is 7.89. The van der Waals surface area contributed by atoms with Crippen molar-refractivity contribution in [1.29, 1.82) is 0 Å². The number of carbonyl (C=O) groups excluding carboxylic acids is 1. The summed E-state index contributed by atoms with van der Waals surface area (Å²) >= 11 is 0. The van der Waals surface area contributed by atoms with Crippen LogP contribution in [0.5, 0.6) is 0 Å². The summed E-state index contributed by atoms with van der Waals surface area (Å²) in [7, 11) is -3.56. The van der Waals surface area contributed by atoms with Gasteiger partial charge in [0, 0.05) is 12.2 Å². The maximum absolute atomic E-state index is 12.3. The van der Waals surface area contributed by atoms with Crippen LogP contribution in [0.2, 0.25) is 0 Å². The summed E-state index contributed by atoms with van der Waals surface area (Å²) in [5.74, 6) is -0.179. The minimum Gasteiger partial charge on any atom is -0.326 e. The van der Waals surface area contributed by atoms with E-state index in [2.05, 4.69) is 10.0 Å². The maximum atomic E-state index is 12.3. The number of hydrogen-bond donors (Lipinski definition) is 2. The molecule has 0 unspecified atom stereocenters. The van der Waals surface area contributed by atoms with Crippen LogP contribution in [0.25, 0.3) is 0 Å². The molecule has 0 aromatic heterocycles. The molecule has 2 rings (SSSR count). The molecule has 0 aliphatic carbocycles. The normalized spacial score (nSPS) is 11.3. The van der Waals surface area contributed by atoms with E-state index in [9.17, 15) is 13.2 Å². The van der Waals surface area contributed by atoms with Crippen molar-refractivity contribution in [2.24, 2.45) is 0 Å². The van der Waals surface area contributed by atoms with Crippen molar-refractivity contribution >= 4 is 21.6 Å². The zero-order valence-electron chi connectivity index (χ0n) is 15.5. The van der Waals surface area contributed by atoms with Crippen LogP contribution in [-0.4, -0.2) is 20.9 Å². The molecule has 0 radical (unpaired) electrons. The Kier molecular flexibility index (Phi) is 6.94. The van der Waals surface area contributed by atoms with Crippen LogP contribution < -0.4 is 10.0 Å². The standard InChI is InChI=1S/C20H26N2O3S/c1-4-5-11-21-26(24,25)19-8-6-7-18(14-19)22-20(23)13-17-10-9-15(2)16(3)12-17/h6-10,12,14,21H,4-5,11,13H2,1-3H3,(H,22,23). The Morgan fingerprint density at radius 1 is 1.04 bits per heavy atom. The van der Waals surface area contributed by atoms with Crippen molar-refractivity contribution in [2.75, 3.05) is 11.9 Å². The van der Waals surface area contributed by atoms with Crippen LogP contribution in [0.1, 0.15) is 36.5 Å². The van der Waals surface area contributed by atoms with Crippen molar-refractivity contribution in [3.8, 4) is 0 Å². The summed E-state index contributed by atoms with van der Waals surface area (Å²) in [6, 6.07) is 12.2. The smallest absolute Gasteiger partial charge is 0.240 e. The Morgan fingerprint density at radius 2 is 1.81 bits per heavy atom. The number of carbonyl (C=O) groups is 1. The lowest BCUT2D eigenvalue weighted by atomic mass is 10.0. The Hall–Kier alpha value is -2.18. The number of aryl methyl sites for hydroxylation is 2. The van der Waals surface area contributed by atoms with E-state index in [-0.39, 0.29) is 17.2 Å². The predicted octanol–water partition coefficient (Wildman–Crippen LogP) is 3.56. The van der Waals surface area contributed by atoms with Crippen molar-refractivity contribution in [3.05, 3.63) is 59.2 Å². The lowest BCUT2D eigenvalue weighted by molar-refractivity contribution is -0.115. The van der Waals surface area contributed by atoms with Gasteiger partial charge >= 0.3 is 0 Å². The second-order valence-corrected chi connectivity index (χ2v) is 8.19. The van der Waals surface area contributed by atoms with Gasteiger partial charge in [0.05, 0.1) is 11.3 Å². The third-order valence-electron chi connectivity index (χ3n) is 4.19. The molecule has 0 atom stereocenters. The van der Waals surface area contributed by atoms with Crippen molar-refractivity contribution in [2.45, 2.75) is 44.9 Å². The molecule has 140 valence electrons. The van der Waals surface area contributed by atoms with E-state index in [4.69, 9.17) is 0 Å². The van der Waals surface area contributed by atoms with Crippen LogP contribution in [0, 0.1) is 13.8 Å².